The quantitative estimate of drug-likeness (QED) is 0.219. The van der Waals surface area contributed by atoms with Crippen molar-refractivity contribution in [1.82, 2.24) is 25.0 Å². The van der Waals surface area contributed by atoms with E-state index in [1.807, 2.05) is 41.3 Å². The zero-order chi connectivity index (χ0) is 28.3. The van der Waals surface area contributed by atoms with Crippen LogP contribution in [-0.2, 0) is 5.54 Å². The summed E-state index contributed by atoms with van der Waals surface area (Å²) in [5, 5.41) is 24.0. The first kappa shape index (κ1) is 27.8. The standard InChI is InChI=1S/C31H31AsClN7/c1-5-25(20-10-7-6-8-11-20)32-28-22(16-34)18-36-30-24(28)14-23(15-26(30)33)37-29(21-12-9-13-35-17-21)27-19-40(39-38-27)31(2,3)4/h6-15,17-19,25,29,32,37H,5H2,1-4H3/t25-,29+/m1/s1. The summed E-state index contributed by atoms with van der Waals surface area (Å²) in [6.45, 7) is 8.47. The topological polar surface area (TPSA) is 92.3 Å². The van der Waals surface area contributed by atoms with Gasteiger partial charge in [-0.1, -0.05) is 0 Å². The van der Waals surface area contributed by atoms with Gasteiger partial charge < -0.3 is 0 Å². The van der Waals surface area contributed by atoms with E-state index in [2.05, 4.69) is 89.7 Å². The first-order valence-corrected chi connectivity index (χ1v) is 15.9. The second kappa shape index (κ2) is 11.8. The molecular formula is C31H31AsClN7. The van der Waals surface area contributed by atoms with Crippen LogP contribution in [0.4, 0.5) is 5.69 Å². The van der Waals surface area contributed by atoms with Gasteiger partial charge in [-0.2, -0.15) is 0 Å². The fourth-order valence-electron chi connectivity index (χ4n) is 4.64. The molecule has 202 valence electrons. The van der Waals surface area contributed by atoms with Crippen LogP contribution in [0.1, 0.15) is 67.2 Å². The Morgan fingerprint density at radius 3 is 2.50 bits per heavy atom. The molecule has 2 aromatic carbocycles. The number of benzene rings is 2. The number of nitriles is 1. The van der Waals surface area contributed by atoms with Gasteiger partial charge in [0.15, 0.2) is 0 Å². The van der Waals surface area contributed by atoms with Crippen LogP contribution < -0.4 is 9.67 Å². The number of pyridine rings is 2. The average molecular weight is 612 g/mol. The molecule has 0 radical (unpaired) electrons. The minimum absolute atomic E-state index is 0.204. The summed E-state index contributed by atoms with van der Waals surface area (Å²) in [5.41, 5.74) is 4.96. The molecule has 3 heterocycles. The summed E-state index contributed by atoms with van der Waals surface area (Å²) in [7, 11) is 0. The normalized spacial score (nSPS) is 13.4. The monoisotopic (exact) mass is 611 g/mol. The maximum atomic E-state index is 10.0. The predicted octanol–water partition coefficient (Wildman–Crippen LogP) is 5.92. The van der Waals surface area contributed by atoms with Crippen LogP contribution >= 0.6 is 11.6 Å². The Morgan fingerprint density at radius 1 is 1.07 bits per heavy atom. The van der Waals surface area contributed by atoms with E-state index in [0.29, 0.717) is 20.8 Å². The summed E-state index contributed by atoms with van der Waals surface area (Å²) in [4.78, 5) is 8.93. The van der Waals surface area contributed by atoms with Gasteiger partial charge in [0.05, 0.1) is 0 Å². The SMILES string of the molecule is CC[C@@H]([AsH]c1c(C#N)cnc2c(Cl)cc(N[C@@H](c3cccnc3)c3cn(C(C)(C)C)nn3)cc12)c1ccccc1. The van der Waals surface area contributed by atoms with Gasteiger partial charge in [0, 0.05) is 0 Å². The third-order valence-electron chi connectivity index (χ3n) is 6.80. The molecule has 0 aliphatic heterocycles. The number of rotatable bonds is 8. The molecule has 3 atom stereocenters. The van der Waals surface area contributed by atoms with Crippen molar-refractivity contribution in [2.24, 2.45) is 0 Å². The Bertz CT molecular complexity index is 1660. The Morgan fingerprint density at radius 2 is 1.85 bits per heavy atom. The molecule has 0 bridgehead atoms. The van der Waals surface area contributed by atoms with E-state index >= 15 is 0 Å². The molecule has 0 fully saturated rings. The molecule has 0 aliphatic rings. The Hall–Kier alpha value is -3.72. The predicted molar refractivity (Wildman–Crippen MR) is 162 cm³/mol. The molecule has 5 aromatic rings. The summed E-state index contributed by atoms with van der Waals surface area (Å²) in [5.74, 6) is 0. The fourth-order valence-corrected chi connectivity index (χ4v) is 8.13. The Balaban J connectivity index is 1.60. The average Bonchev–Trinajstić information content (AvgIpc) is 3.46. The zero-order valence-corrected chi connectivity index (χ0v) is 25.8. The van der Waals surface area contributed by atoms with E-state index < -0.39 is 15.8 Å². The fraction of sp³-hybridized carbons (Fsp3) is 0.258. The van der Waals surface area contributed by atoms with Crippen LogP contribution in [-0.4, -0.2) is 40.7 Å². The molecule has 0 aliphatic carbocycles. The maximum absolute atomic E-state index is 10.0. The first-order chi connectivity index (χ1) is 19.3. The summed E-state index contributed by atoms with van der Waals surface area (Å²) in [6, 6.07) is 20.5. The third-order valence-corrected chi connectivity index (χ3v) is 11.1. The molecule has 1 unspecified atom stereocenters. The second-order valence-corrected chi connectivity index (χ2v) is 14.2. The van der Waals surface area contributed by atoms with Crippen LogP contribution in [0.5, 0.6) is 0 Å². The molecule has 0 amide bonds. The number of aromatic nitrogens is 5. The molecule has 7 nitrogen and oxygen atoms in total. The Labute approximate surface area is 246 Å². The molecule has 1 N–H and O–H groups in total. The van der Waals surface area contributed by atoms with Crippen molar-refractivity contribution < 1.29 is 0 Å². The van der Waals surface area contributed by atoms with E-state index in [1.165, 1.54) is 5.56 Å². The van der Waals surface area contributed by atoms with Gasteiger partial charge in [-0.3, -0.25) is 0 Å². The van der Waals surface area contributed by atoms with E-state index in [9.17, 15) is 5.26 Å². The van der Waals surface area contributed by atoms with Crippen molar-refractivity contribution in [2.75, 3.05) is 5.32 Å². The van der Waals surface area contributed by atoms with Crippen LogP contribution in [0, 0.1) is 11.3 Å². The number of anilines is 1. The number of halogens is 1. The van der Waals surface area contributed by atoms with Crippen molar-refractivity contribution in [3.05, 3.63) is 107 Å². The van der Waals surface area contributed by atoms with Crippen LogP contribution in [0.3, 0.4) is 0 Å². The molecule has 5 rings (SSSR count). The van der Waals surface area contributed by atoms with Crippen molar-refractivity contribution in [1.29, 1.82) is 5.26 Å². The van der Waals surface area contributed by atoms with E-state index in [-0.39, 0.29) is 11.6 Å². The molecule has 9 heteroatoms. The Kier molecular flexibility index (Phi) is 8.21. The van der Waals surface area contributed by atoms with E-state index in [4.69, 9.17) is 11.6 Å². The molecule has 3 aromatic heterocycles. The third kappa shape index (κ3) is 5.89. The van der Waals surface area contributed by atoms with Crippen molar-refractivity contribution in [2.45, 2.75) is 50.4 Å². The number of nitrogens with zero attached hydrogens (tertiary/aromatic N) is 6. The van der Waals surface area contributed by atoms with Crippen molar-refractivity contribution >= 4 is 48.3 Å². The van der Waals surface area contributed by atoms with Gasteiger partial charge in [-0.05, 0) is 0 Å². The van der Waals surface area contributed by atoms with Crippen LogP contribution in [0.15, 0.2) is 79.4 Å². The summed E-state index contributed by atoms with van der Waals surface area (Å²) < 4.78 is 3.32. The number of nitrogens with one attached hydrogen (secondary N) is 1. The molecule has 40 heavy (non-hydrogen) atoms. The first-order valence-electron chi connectivity index (χ1n) is 13.2. The van der Waals surface area contributed by atoms with Crippen molar-refractivity contribution in [3.8, 4) is 6.07 Å². The van der Waals surface area contributed by atoms with E-state index in [0.717, 1.165) is 33.1 Å². The molecule has 0 saturated heterocycles. The number of hydrogen-bond donors (Lipinski definition) is 1. The van der Waals surface area contributed by atoms with Gasteiger partial charge in [0.2, 0.25) is 0 Å². The minimum atomic E-state index is -0.753. The second-order valence-electron chi connectivity index (χ2n) is 10.7. The molecule has 0 spiro atoms. The van der Waals surface area contributed by atoms with Crippen molar-refractivity contribution in [3.63, 3.8) is 0 Å². The number of hydrogen-bond acceptors (Lipinski definition) is 6. The number of fused-ring (bicyclic) bond motifs is 1. The zero-order valence-electron chi connectivity index (χ0n) is 22.9. The van der Waals surface area contributed by atoms with Gasteiger partial charge in [-0.15, -0.1) is 0 Å². The molecule has 0 saturated carbocycles. The van der Waals surface area contributed by atoms with Gasteiger partial charge in [0.1, 0.15) is 0 Å². The summed E-state index contributed by atoms with van der Waals surface area (Å²) >= 11 is 6.09. The van der Waals surface area contributed by atoms with Gasteiger partial charge in [-0.25, -0.2) is 0 Å². The summed E-state index contributed by atoms with van der Waals surface area (Å²) in [6.07, 6.45) is 8.21. The van der Waals surface area contributed by atoms with Crippen LogP contribution in [0.2, 0.25) is 5.02 Å². The van der Waals surface area contributed by atoms with Crippen LogP contribution in [0.25, 0.3) is 10.9 Å². The van der Waals surface area contributed by atoms with E-state index in [1.54, 1.807) is 12.4 Å². The van der Waals surface area contributed by atoms with Gasteiger partial charge in [0.25, 0.3) is 0 Å². The van der Waals surface area contributed by atoms with Gasteiger partial charge >= 0.3 is 247 Å². The molecular weight excluding hydrogens is 581 g/mol.